The maximum absolute atomic E-state index is 13.2. The molecule has 0 unspecified atom stereocenters. The quantitative estimate of drug-likeness (QED) is 0.491. The van der Waals surface area contributed by atoms with Crippen molar-refractivity contribution in [2.24, 2.45) is 5.92 Å². The van der Waals surface area contributed by atoms with Crippen molar-refractivity contribution in [3.63, 3.8) is 0 Å². The fourth-order valence-electron chi connectivity index (χ4n) is 3.04. The summed E-state index contributed by atoms with van der Waals surface area (Å²) in [6.07, 6.45) is 14.0. The Morgan fingerprint density at radius 1 is 1.12 bits per heavy atom. The second kappa shape index (κ2) is 10.00. The second-order valence-corrected chi connectivity index (χ2v) is 6.20. The van der Waals surface area contributed by atoms with Crippen LogP contribution < -0.4 is 0 Å². The van der Waals surface area contributed by atoms with Gasteiger partial charge in [0.2, 0.25) is 0 Å². The molecule has 2 rings (SSSR count). The molecule has 0 amide bonds. The van der Waals surface area contributed by atoms with Gasteiger partial charge in [0.15, 0.2) is 11.6 Å². The number of hydrogen-bond acceptors (Lipinski definition) is 2. The molecule has 2 nitrogen and oxygen atoms in total. The van der Waals surface area contributed by atoms with Gasteiger partial charge < -0.3 is 4.74 Å². The lowest BCUT2D eigenvalue weighted by molar-refractivity contribution is 0.00634. The van der Waals surface area contributed by atoms with Crippen LogP contribution in [0.15, 0.2) is 42.5 Å². The average molecular weight is 331 g/mol. The summed E-state index contributed by atoms with van der Waals surface area (Å²) in [4.78, 5) is 0. The van der Waals surface area contributed by atoms with E-state index in [-0.39, 0.29) is 6.10 Å². The Morgan fingerprint density at radius 3 is 2.62 bits per heavy atom. The smallest absolute Gasteiger partial charge is 0.159 e. The molecule has 1 saturated carbocycles. The molecule has 0 atom stereocenters. The van der Waals surface area contributed by atoms with Gasteiger partial charge >= 0.3 is 0 Å². The average Bonchev–Trinajstić information content (AvgIpc) is 2.60. The Labute approximate surface area is 142 Å². The molecular weight excluding hydrogens is 308 g/mol. The first-order chi connectivity index (χ1) is 11.7. The molecule has 0 spiro atoms. The van der Waals surface area contributed by atoms with E-state index in [9.17, 15) is 8.78 Å². The van der Waals surface area contributed by atoms with Crippen LogP contribution in [0.25, 0.3) is 0 Å². The van der Waals surface area contributed by atoms with Crippen LogP contribution in [-0.4, -0.2) is 6.10 Å². The van der Waals surface area contributed by atoms with E-state index in [0.717, 1.165) is 50.5 Å². The lowest BCUT2D eigenvalue weighted by Gasteiger charge is -2.28. The van der Waals surface area contributed by atoms with Crippen LogP contribution in [0, 0.1) is 28.9 Å². The third-order valence-corrected chi connectivity index (χ3v) is 4.42. The van der Waals surface area contributed by atoms with Gasteiger partial charge in [-0.25, -0.2) is 8.78 Å². The van der Waals surface area contributed by atoms with E-state index < -0.39 is 11.6 Å². The van der Waals surface area contributed by atoms with Crippen LogP contribution in [-0.2, 0) is 11.3 Å². The van der Waals surface area contributed by atoms with E-state index in [1.807, 2.05) is 12.1 Å². The molecule has 1 fully saturated rings. The van der Waals surface area contributed by atoms with Gasteiger partial charge in [-0.1, -0.05) is 24.3 Å². The van der Waals surface area contributed by atoms with Gasteiger partial charge in [0.05, 0.1) is 18.8 Å². The molecule has 128 valence electrons. The number of benzene rings is 1. The zero-order valence-corrected chi connectivity index (χ0v) is 13.8. The normalized spacial score (nSPS) is 21.4. The topological polar surface area (TPSA) is 33.0 Å². The molecule has 1 aromatic carbocycles. The number of nitrogens with zero attached hydrogens (tertiary/aromatic N) is 1. The highest BCUT2D eigenvalue weighted by Crippen LogP contribution is 2.30. The van der Waals surface area contributed by atoms with Crippen LogP contribution in [0.1, 0.15) is 44.1 Å². The van der Waals surface area contributed by atoms with Crippen molar-refractivity contribution in [1.82, 2.24) is 0 Å². The van der Waals surface area contributed by atoms with E-state index in [4.69, 9.17) is 10.00 Å². The molecule has 0 heterocycles. The van der Waals surface area contributed by atoms with Crippen molar-refractivity contribution in [2.75, 3.05) is 0 Å². The summed E-state index contributed by atoms with van der Waals surface area (Å²) >= 11 is 0. The highest BCUT2D eigenvalue weighted by molar-refractivity contribution is 5.17. The van der Waals surface area contributed by atoms with Crippen LogP contribution in [0.5, 0.6) is 0 Å². The number of rotatable bonds is 7. The molecule has 0 radical (unpaired) electrons. The summed E-state index contributed by atoms with van der Waals surface area (Å²) in [5, 5.41) is 8.38. The van der Waals surface area contributed by atoms with E-state index in [1.54, 1.807) is 12.1 Å². The Balaban J connectivity index is 1.64. The first-order valence-electron chi connectivity index (χ1n) is 8.46. The zero-order valence-electron chi connectivity index (χ0n) is 13.8. The van der Waals surface area contributed by atoms with E-state index in [1.165, 1.54) is 12.1 Å². The lowest BCUT2D eigenvalue weighted by Crippen LogP contribution is -2.21. The molecule has 1 aliphatic rings. The van der Waals surface area contributed by atoms with Gasteiger partial charge in [0, 0.05) is 6.08 Å². The van der Waals surface area contributed by atoms with Crippen molar-refractivity contribution < 1.29 is 13.5 Å². The van der Waals surface area contributed by atoms with E-state index >= 15 is 0 Å². The summed E-state index contributed by atoms with van der Waals surface area (Å²) in [5.74, 6) is -0.924. The van der Waals surface area contributed by atoms with Gasteiger partial charge in [-0.05, 0) is 62.1 Å². The van der Waals surface area contributed by atoms with Gasteiger partial charge in [-0.2, -0.15) is 5.26 Å². The Kier molecular flexibility index (Phi) is 7.64. The van der Waals surface area contributed by atoms with Gasteiger partial charge in [-0.3, -0.25) is 0 Å². The predicted octanol–water partition coefficient (Wildman–Crippen LogP) is 5.46. The van der Waals surface area contributed by atoms with Crippen LogP contribution in [0.3, 0.4) is 0 Å². The zero-order chi connectivity index (χ0) is 17.2. The minimum Gasteiger partial charge on any atom is -0.374 e. The highest BCUT2D eigenvalue weighted by Gasteiger charge is 2.21. The standard InChI is InChI=1S/C20H23F2NO/c21-19-12-9-17(14-20(19)22)15-24-18-10-7-16(8-11-18)6-4-2-1-3-5-13-23/h1-3,5,9,12,14,16,18H,4,6-8,10-11,15H2/b2-1+,5-3+. The summed E-state index contributed by atoms with van der Waals surface area (Å²) in [5.41, 5.74) is 0.673. The monoisotopic (exact) mass is 331 g/mol. The third-order valence-electron chi connectivity index (χ3n) is 4.42. The predicted molar refractivity (Wildman–Crippen MR) is 90.0 cm³/mol. The summed E-state index contributed by atoms with van der Waals surface area (Å²) < 4.78 is 31.9. The molecule has 4 heteroatoms. The van der Waals surface area contributed by atoms with Gasteiger partial charge in [-0.15, -0.1) is 0 Å². The minimum atomic E-state index is -0.823. The van der Waals surface area contributed by atoms with Crippen molar-refractivity contribution in [1.29, 1.82) is 5.26 Å². The number of ether oxygens (including phenoxy) is 1. The molecule has 0 bridgehead atoms. The Bertz CT molecular complexity index is 611. The van der Waals surface area contributed by atoms with Crippen molar-refractivity contribution in [3.05, 3.63) is 59.7 Å². The van der Waals surface area contributed by atoms with Crippen molar-refractivity contribution >= 4 is 0 Å². The molecule has 1 aliphatic carbocycles. The lowest BCUT2D eigenvalue weighted by atomic mass is 9.84. The number of nitriles is 1. The molecule has 0 aliphatic heterocycles. The maximum atomic E-state index is 13.2. The number of allylic oxidation sites excluding steroid dienone is 4. The fourth-order valence-corrected chi connectivity index (χ4v) is 3.04. The van der Waals surface area contributed by atoms with Gasteiger partial charge in [0.1, 0.15) is 0 Å². The molecule has 0 N–H and O–H groups in total. The SMILES string of the molecule is N#C/C=C/C=C/CCC1CCC(OCc2ccc(F)c(F)c2)CC1. The second-order valence-electron chi connectivity index (χ2n) is 6.20. The molecule has 0 saturated heterocycles. The fraction of sp³-hybridized carbons (Fsp3) is 0.450. The first-order valence-corrected chi connectivity index (χ1v) is 8.46. The van der Waals surface area contributed by atoms with Crippen LogP contribution in [0.4, 0.5) is 8.78 Å². The molecule has 1 aromatic rings. The summed E-state index contributed by atoms with van der Waals surface area (Å²) in [6.45, 7) is 0.334. The highest BCUT2D eigenvalue weighted by atomic mass is 19.2. The minimum absolute atomic E-state index is 0.212. The number of hydrogen-bond donors (Lipinski definition) is 0. The Hall–Kier alpha value is -1.99. The third kappa shape index (κ3) is 6.25. The van der Waals surface area contributed by atoms with E-state index in [0.29, 0.717) is 12.2 Å². The van der Waals surface area contributed by atoms with E-state index in [2.05, 4.69) is 6.08 Å². The van der Waals surface area contributed by atoms with Gasteiger partial charge in [0.25, 0.3) is 0 Å². The first kappa shape index (κ1) is 18.4. The Morgan fingerprint density at radius 2 is 1.92 bits per heavy atom. The van der Waals surface area contributed by atoms with Crippen molar-refractivity contribution in [3.8, 4) is 6.07 Å². The number of halogens is 2. The van der Waals surface area contributed by atoms with Crippen LogP contribution in [0.2, 0.25) is 0 Å². The van der Waals surface area contributed by atoms with Crippen LogP contribution >= 0.6 is 0 Å². The summed E-state index contributed by atoms with van der Waals surface area (Å²) in [7, 11) is 0. The molecular formula is C20H23F2NO. The molecule has 0 aromatic heterocycles. The molecule has 24 heavy (non-hydrogen) atoms. The maximum Gasteiger partial charge on any atom is 0.159 e. The summed E-state index contributed by atoms with van der Waals surface area (Å²) in [6, 6.07) is 5.87. The van der Waals surface area contributed by atoms with Crippen molar-refractivity contribution in [2.45, 2.75) is 51.2 Å². The largest absolute Gasteiger partial charge is 0.374 e.